The standard InChI is InChI=1S/C40H45N4O5.Mg/c1-10-24-20(5)27-16-29-22(7)26(12-13-33(45)49-15-14-19(3)4)37(43-29)35-36(40(47)48-9)39(46)34-23(8)30(44-38(34)35)18-32-25(11-2)21(6)28(42-32)17-31(24)41-27;/h14,16-18,22,26,36H,10-13,15H2,1-9H3,(H-,43,44,46);/q-3;+2/p-1/b28-17-,29-16-,32-18-;/t22-,26-,36+;/m0./s1. The first-order valence-electron chi connectivity index (χ1n) is 17.2. The van der Waals surface area contributed by atoms with Crippen LogP contribution >= 0.6 is 0 Å². The Morgan fingerprint density at radius 1 is 0.880 bits per heavy atom. The molecule has 9 nitrogen and oxygen atoms in total. The van der Waals surface area contributed by atoms with Crippen LogP contribution in [0.1, 0.15) is 108 Å². The molecule has 3 aromatic heterocycles. The molecule has 2 aliphatic heterocycles. The zero-order valence-electron chi connectivity index (χ0n) is 30.6. The third kappa shape index (κ3) is 6.36. The van der Waals surface area contributed by atoms with E-state index in [1.807, 2.05) is 39.0 Å². The van der Waals surface area contributed by atoms with Crippen LogP contribution in [0.25, 0.3) is 29.1 Å². The SMILES string of the molecule is CCc1c2[n-]c(c1C)/C=C1\[N-]/C(=C3\c4[n-]c(c(C)c4C(=O)[C@@H]3C(=O)OC)/C=c3\[n-]/c(c(C)c3CC)=C\2)[C@@H](CCC(=O)OCC=C(C)C)[C@@H]1C.[Mg+2]. The van der Waals surface area contributed by atoms with Crippen LogP contribution in [-0.2, 0) is 31.9 Å². The fourth-order valence-electron chi connectivity index (χ4n) is 7.52. The molecule has 0 saturated carbocycles. The summed E-state index contributed by atoms with van der Waals surface area (Å²) in [6, 6.07) is 0. The predicted molar refractivity (Wildman–Crippen MR) is 195 cm³/mol. The molecule has 10 heteroatoms. The second-order valence-electron chi connectivity index (χ2n) is 13.5. The smallest absolute Gasteiger partial charge is 0.664 e. The molecule has 1 saturated heterocycles. The van der Waals surface area contributed by atoms with Gasteiger partial charge >= 0.3 is 35.0 Å². The number of methoxy groups -OCH3 is 1. The van der Waals surface area contributed by atoms with Crippen LogP contribution in [0.4, 0.5) is 0 Å². The van der Waals surface area contributed by atoms with Crippen molar-refractivity contribution in [3.05, 3.63) is 95.2 Å². The van der Waals surface area contributed by atoms with Crippen LogP contribution < -0.4 is 25.7 Å². The van der Waals surface area contributed by atoms with Gasteiger partial charge in [-0.3, -0.25) is 14.4 Å². The monoisotopic (exact) mass is 684 g/mol. The summed E-state index contributed by atoms with van der Waals surface area (Å²) in [4.78, 5) is 55.6. The van der Waals surface area contributed by atoms with Crippen molar-refractivity contribution >= 4 is 64.6 Å². The third-order valence-electron chi connectivity index (χ3n) is 10.4. The van der Waals surface area contributed by atoms with Gasteiger partial charge in [0.15, 0.2) is 5.78 Å². The van der Waals surface area contributed by atoms with Gasteiger partial charge in [-0.05, 0) is 71.8 Å². The van der Waals surface area contributed by atoms with Crippen LogP contribution in [0.2, 0.25) is 0 Å². The molecule has 1 fully saturated rings. The van der Waals surface area contributed by atoms with Crippen molar-refractivity contribution in [2.45, 2.75) is 81.1 Å². The van der Waals surface area contributed by atoms with E-state index in [2.05, 4.69) is 40.7 Å². The third-order valence-corrected chi connectivity index (χ3v) is 10.4. The Hall–Kier alpha value is -4.02. The largest absolute Gasteiger partial charge is 2.00 e. The molecule has 0 aromatic carbocycles. The van der Waals surface area contributed by atoms with Crippen LogP contribution in [-0.4, -0.2) is 54.5 Å². The summed E-state index contributed by atoms with van der Waals surface area (Å²) < 4.78 is 10.7. The minimum atomic E-state index is -1.20. The molecule has 5 heterocycles. The average Bonchev–Trinajstić information content (AvgIpc) is 3.80. The first-order valence-corrected chi connectivity index (χ1v) is 17.2. The molecule has 3 atom stereocenters. The van der Waals surface area contributed by atoms with Gasteiger partial charge in [0.1, 0.15) is 12.5 Å². The Bertz CT molecular complexity index is 2100. The van der Waals surface area contributed by atoms with Gasteiger partial charge in [-0.15, -0.1) is 33.5 Å². The Labute approximate surface area is 309 Å². The van der Waals surface area contributed by atoms with Gasteiger partial charge in [0, 0.05) is 12.0 Å². The minimum Gasteiger partial charge on any atom is -0.664 e. The summed E-state index contributed by atoms with van der Waals surface area (Å²) in [6.45, 7) is 16.5. The summed E-state index contributed by atoms with van der Waals surface area (Å²) in [7, 11) is 1.29. The van der Waals surface area contributed by atoms with Gasteiger partial charge in [-0.25, -0.2) is 0 Å². The van der Waals surface area contributed by atoms with E-state index in [1.165, 1.54) is 7.11 Å². The molecule has 1 aliphatic carbocycles. The zero-order chi connectivity index (χ0) is 35.3. The number of allylic oxidation sites excluding steroid dienone is 3. The Kier molecular flexibility index (Phi) is 10.9. The van der Waals surface area contributed by atoms with Crippen LogP contribution in [0.5, 0.6) is 0 Å². The molecule has 0 amide bonds. The number of rotatable bonds is 8. The zero-order valence-corrected chi connectivity index (χ0v) is 32.0. The van der Waals surface area contributed by atoms with Gasteiger partial charge in [-0.2, -0.15) is 11.4 Å². The summed E-state index contributed by atoms with van der Waals surface area (Å²) in [6.07, 6.45) is 10.0. The van der Waals surface area contributed by atoms with Crippen molar-refractivity contribution in [1.82, 2.24) is 15.0 Å². The van der Waals surface area contributed by atoms with Crippen molar-refractivity contribution < 1.29 is 23.9 Å². The van der Waals surface area contributed by atoms with Crippen LogP contribution in [0.3, 0.4) is 0 Å². The fourth-order valence-corrected chi connectivity index (χ4v) is 7.52. The first-order chi connectivity index (χ1) is 23.4. The molecule has 50 heavy (non-hydrogen) atoms. The molecular weight excluding hydrogens is 641 g/mol. The van der Waals surface area contributed by atoms with E-state index in [-0.39, 0.29) is 59.7 Å². The van der Waals surface area contributed by atoms with E-state index >= 15 is 0 Å². The van der Waals surface area contributed by atoms with Crippen LogP contribution in [0.15, 0.2) is 23.0 Å². The maximum Gasteiger partial charge on any atom is 2.00 e. The van der Waals surface area contributed by atoms with Crippen molar-refractivity contribution in [1.29, 1.82) is 0 Å². The van der Waals surface area contributed by atoms with E-state index in [1.54, 1.807) is 0 Å². The number of Topliss-reactive ketones (excluding diaryl/α,β-unsaturated/α-hetero) is 1. The average molecular weight is 685 g/mol. The van der Waals surface area contributed by atoms with Gasteiger partial charge < -0.3 is 29.7 Å². The first kappa shape index (κ1) is 37.2. The number of fused-ring (bicyclic) bond motifs is 7. The van der Waals surface area contributed by atoms with E-state index in [0.717, 1.165) is 68.5 Å². The molecule has 0 radical (unpaired) electrons. The van der Waals surface area contributed by atoms with Gasteiger partial charge in [0.05, 0.1) is 7.11 Å². The fraction of sp³-hybridized carbons (Fsp3) is 0.425. The number of carbonyl (C=O) groups is 3. The summed E-state index contributed by atoms with van der Waals surface area (Å²) >= 11 is 0. The van der Waals surface area contributed by atoms with Crippen molar-refractivity contribution in [3.63, 3.8) is 0 Å². The Morgan fingerprint density at radius 2 is 1.56 bits per heavy atom. The summed E-state index contributed by atoms with van der Waals surface area (Å²) in [5.41, 5.74) is 11.2. The van der Waals surface area contributed by atoms with Crippen molar-refractivity contribution in [3.8, 4) is 0 Å². The number of carbonyl (C=O) groups excluding carboxylic acids is 3. The number of ether oxygens (including phenoxy) is 2. The van der Waals surface area contributed by atoms with Gasteiger partial charge in [0.2, 0.25) is 0 Å². The second kappa shape index (κ2) is 14.7. The summed E-state index contributed by atoms with van der Waals surface area (Å²) in [5, 5.41) is 6.84. The maximum absolute atomic E-state index is 14.2. The molecule has 0 unspecified atom stereocenters. The second-order valence-corrected chi connectivity index (χ2v) is 13.5. The molecule has 8 bridgehead atoms. The molecule has 258 valence electrons. The molecule has 3 aromatic rings. The number of esters is 2. The van der Waals surface area contributed by atoms with Gasteiger partial charge in [0.25, 0.3) is 0 Å². The number of aromatic nitrogens is 3. The number of ketones is 1. The molecule has 0 N–H and O–H groups in total. The predicted octanol–water partition coefficient (Wildman–Crippen LogP) is 4.87. The quantitative estimate of drug-likeness (QED) is 0.143. The Morgan fingerprint density at radius 3 is 2.22 bits per heavy atom. The van der Waals surface area contributed by atoms with Gasteiger partial charge in [-0.1, -0.05) is 78.0 Å². The molecule has 3 aliphatic rings. The van der Waals surface area contributed by atoms with Crippen molar-refractivity contribution in [2.24, 2.45) is 17.8 Å². The van der Waals surface area contributed by atoms with E-state index in [4.69, 9.17) is 29.7 Å². The minimum absolute atomic E-state index is 0. The molecule has 0 spiro atoms. The number of hydrogen-bond donors (Lipinski definition) is 0. The molecule has 6 rings (SSSR count). The Balaban J connectivity index is 0.00000486. The van der Waals surface area contributed by atoms with E-state index < -0.39 is 11.9 Å². The molecular formula is C40H44MgN4O5-2. The number of hydrogen-bond acceptors (Lipinski definition) is 5. The number of nitrogens with zero attached hydrogens (tertiary/aromatic N) is 4. The van der Waals surface area contributed by atoms with E-state index in [9.17, 15) is 14.4 Å². The van der Waals surface area contributed by atoms with Crippen molar-refractivity contribution in [2.75, 3.05) is 13.7 Å². The van der Waals surface area contributed by atoms with Crippen LogP contribution in [0, 0.1) is 38.5 Å². The summed E-state index contributed by atoms with van der Waals surface area (Å²) in [5.74, 6) is -2.96. The maximum atomic E-state index is 14.2. The topological polar surface area (TPSA) is 126 Å². The van der Waals surface area contributed by atoms with E-state index in [0.29, 0.717) is 40.2 Å². The normalized spacial score (nSPS) is 22.7.